The van der Waals surface area contributed by atoms with Crippen LogP contribution >= 0.6 is 0 Å². The molecule has 7 heteroatoms. The fourth-order valence-electron chi connectivity index (χ4n) is 3.06. The van der Waals surface area contributed by atoms with Crippen LogP contribution in [0.2, 0.25) is 0 Å². The van der Waals surface area contributed by atoms with Gasteiger partial charge in [0.05, 0.1) is 12.5 Å². The zero-order valence-electron chi connectivity index (χ0n) is 14.9. The topological polar surface area (TPSA) is 74.3 Å². The fraction of sp³-hybridized carbons (Fsp3) is 0.0952. The number of hydrogen-bond acceptors (Lipinski definition) is 5. The zero-order chi connectivity index (χ0) is 19.8. The Balaban J connectivity index is 2.12. The largest absolute Gasteiger partial charge is 0.497 e. The van der Waals surface area contributed by atoms with Gasteiger partial charge in [-0.25, -0.2) is 4.39 Å². The summed E-state index contributed by atoms with van der Waals surface area (Å²) in [6, 6.07) is 10.3. The summed E-state index contributed by atoms with van der Waals surface area (Å²) in [5.41, 5.74) is -0.336. The van der Waals surface area contributed by atoms with E-state index in [9.17, 15) is 14.0 Å². The van der Waals surface area contributed by atoms with Crippen LogP contribution in [-0.2, 0) is 6.54 Å². The lowest BCUT2D eigenvalue weighted by atomic mass is 10.1. The highest BCUT2D eigenvalue weighted by molar-refractivity contribution is 5.89. The molecular formula is C21H15FN2O4. The monoisotopic (exact) mass is 378 g/mol. The van der Waals surface area contributed by atoms with Crippen molar-refractivity contribution in [2.75, 3.05) is 7.11 Å². The highest BCUT2D eigenvalue weighted by atomic mass is 19.1. The molecule has 28 heavy (non-hydrogen) atoms. The Bertz CT molecular complexity index is 1340. The van der Waals surface area contributed by atoms with Crippen LogP contribution < -0.4 is 15.7 Å². The summed E-state index contributed by atoms with van der Waals surface area (Å²) in [7, 11) is 1.50. The van der Waals surface area contributed by atoms with Gasteiger partial charge in [0.1, 0.15) is 23.0 Å². The number of ether oxygens (including phenoxy) is 1. The number of nitrogens with zero attached hydrogens (tertiary/aromatic N) is 2. The van der Waals surface area contributed by atoms with Crippen LogP contribution in [0.25, 0.3) is 33.5 Å². The molecule has 140 valence electrons. The number of allylic oxidation sites excluding steroid dienone is 1. The first-order valence-corrected chi connectivity index (χ1v) is 8.45. The molecule has 0 unspecified atom stereocenters. The number of methoxy groups -OCH3 is 1. The van der Waals surface area contributed by atoms with Crippen LogP contribution in [0.15, 0.2) is 69.1 Å². The maximum atomic E-state index is 13.3. The van der Waals surface area contributed by atoms with Gasteiger partial charge < -0.3 is 9.15 Å². The third kappa shape index (κ3) is 2.77. The zero-order valence-corrected chi connectivity index (χ0v) is 14.9. The van der Waals surface area contributed by atoms with Crippen molar-refractivity contribution in [3.8, 4) is 17.1 Å². The molecule has 0 aliphatic carbocycles. The van der Waals surface area contributed by atoms with Crippen molar-refractivity contribution in [3.05, 3.63) is 81.5 Å². The first kappa shape index (κ1) is 17.7. The van der Waals surface area contributed by atoms with E-state index in [1.165, 1.54) is 42.0 Å². The molecule has 0 spiro atoms. The molecule has 0 saturated heterocycles. The van der Waals surface area contributed by atoms with E-state index in [-0.39, 0.29) is 34.4 Å². The third-order valence-electron chi connectivity index (χ3n) is 4.42. The summed E-state index contributed by atoms with van der Waals surface area (Å²) in [6.07, 6.45) is 1.52. The number of rotatable bonds is 4. The summed E-state index contributed by atoms with van der Waals surface area (Å²) < 4.78 is 25.5. The van der Waals surface area contributed by atoms with Gasteiger partial charge in [-0.2, -0.15) is 4.98 Å². The molecule has 4 aromatic rings. The Morgan fingerprint density at radius 1 is 1.21 bits per heavy atom. The molecule has 0 amide bonds. The lowest BCUT2D eigenvalue weighted by molar-refractivity contribution is 0.414. The Hall–Kier alpha value is -3.74. The molecule has 2 aromatic heterocycles. The first-order valence-electron chi connectivity index (χ1n) is 8.45. The second kappa shape index (κ2) is 6.77. The minimum absolute atomic E-state index is 0.0876. The van der Waals surface area contributed by atoms with E-state index in [2.05, 4.69) is 11.6 Å². The van der Waals surface area contributed by atoms with Crippen LogP contribution in [0.3, 0.4) is 0 Å². The summed E-state index contributed by atoms with van der Waals surface area (Å²) in [5, 5.41) is 0.109. The van der Waals surface area contributed by atoms with Gasteiger partial charge in [0, 0.05) is 18.2 Å². The summed E-state index contributed by atoms with van der Waals surface area (Å²) in [6.45, 7) is 3.79. The van der Waals surface area contributed by atoms with Crippen LogP contribution in [0.4, 0.5) is 4.39 Å². The van der Waals surface area contributed by atoms with Crippen LogP contribution in [0, 0.1) is 5.82 Å². The summed E-state index contributed by atoms with van der Waals surface area (Å²) in [5.74, 6) is 0.350. The smallest absolute Gasteiger partial charge is 0.269 e. The molecule has 6 nitrogen and oxygen atoms in total. The van der Waals surface area contributed by atoms with E-state index < -0.39 is 16.8 Å². The van der Waals surface area contributed by atoms with Crippen molar-refractivity contribution in [3.63, 3.8) is 0 Å². The standard InChI is InChI=1S/C21H15FN2O4/c1-3-10-24-19(12-4-6-13(22)7-5-12)23-20-17(21(24)26)18(25)15-9-8-14(27-2)11-16(15)28-20/h3-9,11H,1,10H2,2H3. The lowest BCUT2D eigenvalue weighted by Gasteiger charge is -2.12. The normalized spacial score (nSPS) is 11.1. The van der Waals surface area contributed by atoms with Crippen molar-refractivity contribution in [1.29, 1.82) is 0 Å². The average Bonchev–Trinajstić information content (AvgIpc) is 2.70. The highest BCUT2D eigenvalue weighted by Crippen LogP contribution is 2.23. The third-order valence-corrected chi connectivity index (χ3v) is 4.42. The first-order chi connectivity index (χ1) is 13.5. The molecule has 0 aliphatic rings. The molecule has 0 saturated carbocycles. The minimum atomic E-state index is -0.546. The van der Waals surface area contributed by atoms with Gasteiger partial charge in [0.2, 0.25) is 11.1 Å². The Morgan fingerprint density at radius 2 is 1.96 bits per heavy atom. The number of aromatic nitrogens is 2. The van der Waals surface area contributed by atoms with E-state index in [4.69, 9.17) is 9.15 Å². The SMILES string of the molecule is C=CCn1c(-c2ccc(F)cc2)nc2oc3cc(OC)ccc3c(=O)c2c1=O. The number of benzene rings is 2. The molecular weight excluding hydrogens is 363 g/mol. The Labute approximate surface area is 158 Å². The molecule has 0 bridgehead atoms. The van der Waals surface area contributed by atoms with Gasteiger partial charge in [-0.05, 0) is 36.4 Å². The number of halogens is 1. The van der Waals surface area contributed by atoms with Crippen LogP contribution in [0.5, 0.6) is 5.75 Å². The molecule has 0 fully saturated rings. The molecule has 2 aromatic carbocycles. The Kier molecular flexibility index (Phi) is 4.27. The van der Waals surface area contributed by atoms with Gasteiger partial charge in [-0.3, -0.25) is 14.2 Å². The van der Waals surface area contributed by atoms with E-state index >= 15 is 0 Å². The second-order valence-electron chi connectivity index (χ2n) is 6.12. The molecule has 0 atom stereocenters. The molecule has 4 rings (SSSR count). The van der Waals surface area contributed by atoms with Gasteiger partial charge in [-0.1, -0.05) is 6.08 Å². The van der Waals surface area contributed by atoms with Crippen molar-refractivity contribution >= 4 is 22.1 Å². The Morgan fingerprint density at radius 3 is 2.64 bits per heavy atom. The molecule has 0 radical (unpaired) electrons. The number of fused-ring (bicyclic) bond motifs is 2. The van der Waals surface area contributed by atoms with Crippen molar-refractivity contribution < 1.29 is 13.5 Å². The number of hydrogen-bond donors (Lipinski definition) is 0. The van der Waals surface area contributed by atoms with E-state index in [0.29, 0.717) is 11.3 Å². The van der Waals surface area contributed by atoms with Crippen molar-refractivity contribution in [2.45, 2.75) is 6.54 Å². The summed E-state index contributed by atoms with van der Waals surface area (Å²) in [4.78, 5) is 30.4. The van der Waals surface area contributed by atoms with Gasteiger partial charge in [-0.15, -0.1) is 6.58 Å². The van der Waals surface area contributed by atoms with Gasteiger partial charge in [0.25, 0.3) is 5.56 Å². The minimum Gasteiger partial charge on any atom is -0.497 e. The highest BCUT2D eigenvalue weighted by Gasteiger charge is 2.18. The van der Waals surface area contributed by atoms with E-state index in [1.807, 2.05) is 0 Å². The van der Waals surface area contributed by atoms with Crippen LogP contribution in [-0.4, -0.2) is 16.7 Å². The predicted molar refractivity (Wildman–Crippen MR) is 104 cm³/mol. The maximum absolute atomic E-state index is 13.3. The van der Waals surface area contributed by atoms with E-state index in [1.54, 1.807) is 18.2 Å². The average molecular weight is 378 g/mol. The predicted octanol–water partition coefficient (Wildman–Crippen LogP) is 3.50. The molecule has 0 N–H and O–H groups in total. The fourth-order valence-corrected chi connectivity index (χ4v) is 3.06. The molecule has 2 heterocycles. The van der Waals surface area contributed by atoms with Gasteiger partial charge in [0.15, 0.2) is 5.39 Å². The quantitative estimate of drug-likeness (QED) is 0.401. The van der Waals surface area contributed by atoms with E-state index in [0.717, 1.165) is 0 Å². The molecule has 0 aliphatic heterocycles. The summed E-state index contributed by atoms with van der Waals surface area (Å²) >= 11 is 0. The second-order valence-corrected chi connectivity index (χ2v) is 6.12. The maximum Gasteiger partial charge on any atom is 0.269 e. The lowest BCUT2D eigenvalue weighted by Crippen LogP contribution is -2.27. The van der Waals surface area contributed by atoms with Crippen LogP contribution in [0.1, 0.15) is 0 Å². The van der Waals surface area contributed by atoms with Crippen molar-refractivity contribution in [2.24, 2.45) is 0 Å². The van der Waals surface area contributed by atoms with Crippen molar-refractivity contribution in [1.82, 2.24) is 9.55 Å². The van der Waals surface area contributed by atoms with Gasteiger partial charge >= 0.3 is 0 Å².